The van der Waals surface area contributed by atoms with E-state index in [1.54, 1.807) is 31.2 Å². The fourth-order valence-electron chi connectivity index (χ4n) is 2.82. The largest absolute Gasteiger partial charge is 0.484 e. The first-order valence-electron chi connectivity index (χ1n) is 9.94. The molecule has 0 radical (unpaired) electrons. The SMILES string of the molecule is CC[C@@H](C)NC(=O)[C@@H](C)N(Cc1ccc(Cl)c(Cl)c1)C(=O)COc1cccc(C)c1. The zero-order valence-corrected chi connectivity index (χ0v) is 19.3. The maximum absolute atomic E-state index is 13.0. The number of hydrogen-bond acceptors (Lipinski definition) is 3. The molecule has 1 N–H and O–H groups in total. The molecule has 0 heterocycles. The Kier molecular flexibility index (Phi) is 9.00. The second-order valence-electron chi connectivity index (χ2n) is 7.37. The first-order chi connectivity index (χ1) is 14.2. The average molecular weight is 451 g/mol. The van der Waals surface area contributed by atoms with Gasteiger partial charge in [0, 0.05) is 12.6 Å². The molecule has 7 heteroatoms. The third-order valence-electron chi connectivity index (χ3n) is 4.86. The minimum atomic E-state index is -0.679. The van der Waals surface area contributed by atoms with Crippen LogP contribution in [0.5, 0.6) is 5.75 Å². The smallest absolute Gasteiger partial charge is 0.261 e. The number of carbonyl (C=O) groups excluding carboxylic acids is 2. The van der Waals surface area contributed by atoms with Crippen LogP contribution in [0.2, 0.25) is 10.0 Å². The molecule has 0 spiro atoms. The third-order valence-corrected chi connectivity index (χ3v) is 5.60. The number of aryl methyl sites for hydroxylation is 1. The molecule has 2 aromatic rings. The molecule has 0 unspecified atom stereocenters. The number of nitrogens with one attached hydrogen (secondary N) is 1. The Morgan fingerprint density at radius 3 is 2.47 bits per heavy atom. The van der Waals surface area contributed by atoms with Gasteiger partial charge in [-0.15, -0.1) is 0 Å². The molecule has 0 bridgehead atoms. The minimum absolute atomic E-state index is 0.0189. The molecule has 0 fully saturated rings. The lowest BCUT2D eigenvalue weighted by Gasteiger charge is -2.29. The highest BCUT2D eigenvalue weighted by molar-refractivity contribution is 6.42. The van der Waals surface area contributed by atoms with Crippen LogP contribution in [0.15, 0.2) is 42.5 Å². The van der Waals surface area contributed by atoms with Gasteiger partial charge >= 0.3 is 0 Å². The summed E-state index contributed by atoms with van der Waals surface area (Å²) in [6, 6.07) is 12.0. The standard InChI is InChI=1S/C23H28Cl2N2O3/c1-5-16(3)26-23(29)17(4)27(13-18-9-10-20(24)21(25)12-18)22(28)14-30-19-8-6-7-15(2)11-19/h6-12,16-17H,5,13-14H2,1-4H3,(H,26,29)/t16-,17-/m1/s1. The molecule has 0 aliphatic heterocycles. The second kappa shape index (κ2) is 11.2. The van der Waals surface area contributed by atoms with E-state index < -0.39 is 6.04 Å². The molecular weight excluding hydrogens is 423 g/mol. The van der Waals surface area contributed by atoms with Gasteiger partial charge in [-0.3, -0.25) is 9.59 Å². The first-order valence-corrected chi connectivity index (χ1v) is 10.7. The van der Waals surface area contributed by atoms with Gasteiger partial charge in [0.1, 0.15) is 11.8 Å². The van der Waals surface area contributed by atoms with Crippen molar-refractivity contribution in [3.63, 3.8) is 0 Å². The Bertz CT molecular complexity index is 889. The van der Waals surface area contributed by atoms with Gasteiger partial charge in [-0.25, -0.2) is 0 Å². The van der Waals surface area contributed by atoms with E-state index in [0.29, 0.717) is 15.8 Å². The quantitative estimate of drug-likeness (QED) is 0.583. The Balaban J connectivity index is 2.18. The van der Waals surface area contributed by atoms with E-state index in [4.69, 9.17) is 27.9 Å². The predicted molar refractivity (Wildman–Crippen MR) is 121 cm³/mol. The zero-order chi connectivity index (χ0) is 22.3. The molecule has 0 saturated carbocycles. The van der Waals surface area contributed by atoms with Crippen molar-refractivity contribution in [1.29, 1.82) is 0 Å². The molecule has 30 heavy (non-hydrogen) atoms. The monoisotopic (exact) mass is 450 g/mol. The van der Waals surface area contributed by atoms with E-state index >= 15 is 0 Å². The van der Waals surface area contributed by atoms with Crippen molar-refractivity contribution in [3.8, 4) is 5.75 Å². The van der Waals surface area contributed by atoms with Crippen molar-refractivity contribution >= 4 is 35.0 Å². The van der Waals surface area contributed by atoms with E-state index in [2.05, 4.69) is 5.32 Å². The van der Waals surface area contributed by atoms with Crippen LogP contribution in [0, 0.1) is 6.92 Å². The summed E-state index contributed by atoms with van der Waals surface area (Å²) in [5.74, 6) is 0.0947. The van der Waals surface area contributed by atoms with Crippen LogP contribution in [-0.4, -0.2) is 35.4 Å². The number of amides is 2. The van der Waals surface area contributed by atoms with Gasteiger partial charge in [0.05, 0.1) is 10.0 Å². The second-order valence-corrected chi connectivity index (χ2v) is 8.18. The van der Waals surface area contributed by atoms with Crippen molar-refractivity contribution in [2.45, 2.75) is 52.7 Å². The van der Waals surface area contributed by atoms with E-state index in [0.717, 1.165) is 17.5 Å². The highest BCUT2D eigenvalue weighted by Gasteiger charge is 2.27. The summed E-state index contributed by atoms with van der Waals surface area (Å²) in [5, 5.41) is 3.76. The Hall–Kier alpha value is -2.24. The van der Waals surface area contributed by atoms with Crippen molar-refractivity contribution < 1.29 is 14.3 Å². The number of carbonyl (C=O) groups is 2. The highest BCUT2D eigenvalue weighted by Crippen LogP contribution is 2.24. The van der Waals surface area contributed by atoms with E-state index in [1.165, 1.54) is 4.90 Å². The number of rotatable bonds is 9. The summed E-state index contributed by atoms with van der Waals surface area (Å²) in [6.45, 7) is 7.61. The van der Waals surface area contributed by atoms with Crippen LogP contribution in [-0.2, 0) is 16.1 Å². The summed E-state index contributed by atoms with van der Waals surface area (Å²) in [6.07, 6.45) is 0.801. The van der Waals surface area contributed by atoms with Gasteiger partial charge < -0.3 is 15.0 Å². The number of hydrogen-bond donors (Lipinski definition) is 1. The van der Waals surface area contributed by atoms with Gasteiger partial charge in [0.25, 0.3) is 5.91 Å². The molecule has 2 rings (SSSR count). The zero-order valence-electron chi connectivity index (χ0n) is 17.7. The van der Waals surface area contributed by atoms with Crippen LogP contribution in [0.4, 0.5) is 0 Å². The van der Waals surface area contributed by atoms with Crippen molar-refractivity contribution in [3.05, 3.63) is 63.6 Å². The summed E-state index contributed by atoms with van der Waals surface area (Å²) in [7, 11) is 0. The van der Waals surface area contributed by atoms with E-state index in [1.807, 2.05) is 39.0 Å². The molecule has 162 valence electrons. The lowest BCUT2D eigenvalue weighted by atomic mass is 10.1. The summed E-state index contributed by atoms with van der Waals surface area (Å²) >= 11 is 12.1. The number of halogens is 2. The van der Waals surface area contributed by atoms with Crippen LogP contribution in [0.3, 0.4) is 0 Å². The summed E-state index contributed by atoms with van der Waals surface area (Å²) < 4.78 is 5.67. The van der Waals surface area contributed by atoms with Crippen LogP contribution >= 0.6 is 23.2 Å². The maximum Gasteiger partial charge on any atom is 0.261 e. The van der Waals surface area contributed by atoms with Gasteiger partial charge in [-0.2, -0.15) is 0 Å². The summed E-state index contributed by atoms with van der Waals surface area (Å²) in [5.41, 5.74) is 1.81. The van der Waals surface area contributed by atoms with Crippen LogP contribution in [0.1, 0.15) is 38.3 Å². The molecular formula is C23H28Cl2N2O3. The van der Waals surface area contributed by atoms with Gasteiger partial charge in [0.15, 0.2) is 6.61 Å². The lowest BCUT2D eigenvalue weighted by molar-refractivity contribution is -0.142. The molecule has 0 aromatic heterocycles. The fraction of sp³-hybridized carbons (Fsp3) is 0.391. The Morgan fingerprint density at radius 1 is 1.10 bits per heavy atom. The lowest BCUT2D eigenvalue weighted by Crippen LogP contribution is -2.50. The molecule has 0 aliphatic carbocycles. The topological polar surface area (TPSA) is 58.6 Å². The van der Waals surface area contributed by atoms with Crippen LogP contribution in [0.25, 0.3) is 0 Å². The van der Waals surface area contributed by atoms with Gasteiger partial charge in [0.2, 0.25) is 5.91 Å². The third kappa shape index (κ3) is 6.92. The van der Waals surface area contributed by atoms with Gasteiger partial charge in [-0.1, -0.05) is 48.3 Å². The van der Waals surface area contributed by atoms with E-state index in [-0.39, 0.29) is 31.0 Å². The molecule has 2 aromatic carbocycles. The van der Waals surface area contributed by atoms with Crippen molar-refractivity contribution in [2.24, 2.45) is 0 Å². The average Bonchev–Trinajstić information content (AvgIpc) is 2.72. The maximum atomic E-state index is 13.0. The Labute approximate surface area is 188 Å². The molecule has 0 saturated heterocycles. The van der Waals surface area contributed by atoms with Crippen LogP contribution < -0.4 is 10.1 Å². The molecule has 2 atom stereocenters. The normalized spacial score (nSPS) is 12.7. The summed E-state index contributed by atoms with van der Waals surface area (Å²) in [4.78, 5) is 27.2. The fourth-order valence-corrected chi connectivity index (χ4v) is 3.14. The van der Waals surface area contributed by atoms with Crippen molar-refractivity contribution in [1.82, 2.24) is 10.2 Å². The molecule has 5 nitrogen and oxygen atoms in total. The van der Waals surface area contributed by atoms with Gasteiger partial charge in [-0.05, 0) is 62.6 Å². The molecule has 0 aliphatic rings. The Morgan fingerprint density at radius 2 is 1.83 bits per heavy atom. The highest BCUT2D eigenvalue weighted by atomic mass is 35.5. The number of nitrogens with zero attached hydrogens (tertiary/aromatic N) is 1. The molecule has 2 amide bonds. The number of benzene rings is 2. The van der Waals surface area contributed by atoms with E-state index in [9.17, 15) is 9.59 Å². The number of ether oxygens (including phenoxy) is 1. The minimum Gasteiger partial charge on any atom is -0.484 e. The predicted octanol–water partition coefficient (Wildman–Crippen LogP) is 5.01. The first kappa shape index (κ1) is 24.0. The van der Waals surface area contributed by atoms with Crippen molar-refractivity contribution in [2.75, 3.05) is 6.61 Å².